The number of carbonyl (C=O) groups excluding carboxylic acids is 1. The third-order valence-electron chi connectivity index (χ3n) is 2.59. The number of hydrogen-bond acceptors (Lipinski definition) is 1. The molecule has 0 spiro atoms. The molecule has 0 aliphatic heterocycles. The van der Waals surface area contributed by atoms with Crippen molar-refractivity contribution in [2.24, 2.45) is 0 Å². The largest absolute Gasteiger partial charge is 0.416 e. The highest BCUT2D eigenvalue weighted by Crippen LogP contribution is 2.33. The lowest BCUT2D eigenvalue weighted by molar-refractivity contribution is -0.137. The number of carbonyl (C=O) groups is 1. The van der Waals surface area contributed by atoms with Crippen LogP contribution in [0.2, 0.25) is 0 Å². The summed E-state index contributed by atoms with van der Waals surface area (Å²) >= 11 is 5.11. The fraction of sp³-hybridized carbons (Fsp3) is 0.0714. The SMILES string of the molecule is O=C(Nc1cc(Br)cc(C(F)(F)F)c1)c1ccc(I)cc1. The summed E-state index contributed by atoms with van der Waals surface area (Å²) in [5.41, 5.74) is -0.362. The van der Waals surface area contributed by atoms with Crippen molar-refractivity contribution >= 4 is 50.1 Å². The normalized spacial score (nSPS) is 11.3. The second-order valence-corrected chi connectivity index (χ2v) is 6.35. The van der Waals surface area contributed by atoms with Crippen molar-refractivity contribution in [1.82, 2.24) is 0 Å². The molecule has 0 atom stereocenters. The Bertz CT molecular complexity index is 671. The van der Waals surface area contributed by atoms with Crippen LogP contribution in [0.3, 0.4) is 0 Å². The van der Waals surface area contributed by atoms with Gasteiger partial charge in [0.15, 0.2) is 0 Å². The number of halogens is 5. The van der Waals surface area contributed by atoms with E-state index in [1.165, 1.54) is 6.07 Å². The van der Waals surface area contributed by atoms with E-state index in [0.717, 1.165) is 15.7 Å². The van der Waals surface area contributed by atoms with Crippen molar-refractivity contribution in [3.63, 3.8) is 0 Å². The van der Waals surface area contributed by atoms with Crippen molar-refractivity contribution in [3.05, 3.63) is 61.6 Å². The molecule has 1 N–H and O–H groups in total. The molecule has 0 aliphatic carbocycles. The lowest BCUT2D eigenvalue weighted by atomic mass is 10.1. The molecular formula is C14H8BrF3INO. The van der Waals surface area contributed by atoms with E-state index in [0.29, 0.717) is 5.56 Å². The lowest BCUT2D eigenvalue weighted by Gasteiger charge is -2.11. The van der Waals surface area contributed by atoms with Gasteiger partial charge in [0, 0.05) is 19.3 Å². The number of hydrogen-bond donors (Lipinski definition) is 1. The van der Waals surface area contributed by atoms with Gasteiger partial charge in [-0.15, -0.1) is 0 Å². The first-order chi connectivity index (χ1) is 9.75. The van der Waals surface area contributed by atoms with Crippen LogP contribution in [0.15, 0.2) is 46.9 Å². The second kappa shape index (κ2) is 6.35. The fourth-order valence-electron chi connectivity index (χ4n) is 1.63. The number of alkyl halides is 3. The summed E-state index contributed by atoms with van der Waals surface area (Å²) in [5.74, 6) is -0.461. The maximum Gasteiger partial charge on any atom is 0.416 e. The minimum Gasteiger partial charge on any atom is -0.322 e. The molecule has 7 heteroatoms. The Morgan fingerprint density at radius 1 is 1.10 bits per heavy atom. The lowest BCUT2D eigenvalue weighted by Crippen LogP contribution is -2.13. The van der Waals surface area contributed by atoms with Crippen LogP contribution in [0.25, 0.3) is 0 Å². The van der Waals surface area contributed by atoms with E-state index in [1.807, 2.05) is 0 Å². The molecular weight excluding hydrogens is 462 g/mol. The Morgan fingerprint density at radius 2 is 1.71 bits per heavy atom. The predicted octanol–water partition coefficient (Wildman–Crippen LogP) is 5.32. The van der Waals surface area contributed by atoms with Crippen LogP contribution in [0.1, 0.15) is 15.9 Å². The summed E-state index contributed by atoms with van der Waals surface area (Å²) in [7, 11) is 0. The zero-order valence-corrected chi connectivity index (χ0v) is 14.1. The van der Waals surface area contributed by atoms with Crippen molar-refractivity contribution < 1.29 is 18.0 Å². The molecule has 0 fully saturated rings. The van der Waals surface area contributed by atoms with Crippen molar-refractivity contribution in [1.29, 1.82) is 0 Å². The quantitative estimate of drug-likeness (QED) is 0.592. The Balaban J connectivity index is 2.25. The third kappa shape index (κ3) is 4.44. The molecule has 2 rings (SSSR count). The summed E-state index contributed by atoms with van der Waals surface area (Å²) in [6, 6.07) is 9.99. The average molecular weight is 470 g/mol. The number of anilines is 1. The van der Waals surface area contributed by atoms with Crippen LogP contribution in [0.5, 0.6) is 0 Å². The summed E-state index contributed by atoms with van der Waals surface area (Å²) in [6.45, 7) is 0. The average Bonchev–Trinajstić information content (AvgIpc) is 2.37. The van der Waals surface area contributed by atoms with Gasteiger partial charge in [0.2, 0.25) is 0 Å². The van der Waals surface area contributed by atoms with Crippen LogP contribution in [0, 0.1) is 3.57 Å². The van der Waals surface area contributed by atoms with Crippen molar-refractivity contribution in [2.75, 3.05) is 5.32 Å². The van der Waals surface area contributed by atoms with E-state index in [-0.39, 0.29) is 10.2 Å². The van der Waals surface area contributed by atoms with Crippen LogP contribution in [0.4, 0.5) is 18.9 Å². The molecule has 0 saturated carbocycles. The van der Waals surface area contributed by atoms with Crippen molar-refractivity contribution in [3.8, 4) is 0 Å². The molecule has 2 aromatic rings. The van der Waals surface area contributed by atoms with Gasteiger partial charge in [0.25, 0.3) is 5.91 Å². The molecule has 0 saturated heterocycles. The first-order valence-corrected chi connectivity index (χ1v) is 7.57. The topological polar surface area (TPSA) is 29.1 Å². The highest BCUT2D eigenvalue weighted by molar-refractivity contribution is 14.1. The number of rotatable bonds is 2. The van der Waals surface area contributed by atoms with Gasteiger partial charge in [-0.1, -0.05) is 15.9 Å². The first-order valence-electron chi connectivity index (χ1n) is 5.70. The van der Waals surface area contributed by atoms with E-state index in [2.05, 4.69) is 43.8 Å². The Labute approximate surface area is 141 Å². The molecule has 2 nitrogen and oxygen atoms in total. The standard InChI is InChI=1S/C14H8BrF3INO/c15-10-5-9(14(16,17)18)6-12(7-10)20-13(21)8-1-3-11(19)4-2-8/h1-7H,(H,20,21). The third-order valence-corrected chi connectivity index (χ3v) is 3.77. The van der Waals surface area contributed by atoms with E-state index in [9.17, 15) is 18.0 Å². The zero-order valence-electron chi connectivity index (χ0n) is 10.3. The Morgan fingerprint density at radius 3 is 2.29 bits per heavy atom. The van der Waals surface area contributed by atoms with Gasteiger partial charge in [-0.2, -0.15) is 13.2 Å². The summed E-state index contributed by atoms with van der Waals surface area (Å²) in [6.07, 6.45) is -4.47. The maximum absolute atomic E-state index is 12.7. The van der Waals surface area contributed by atoms with Crippen LogP contribution < -0.4 is 5.32 Å². The molecule has 110 valence electrons. The predicted molar refractivity (Wildman–Crippen MR) is 86.3 cm³/mol. The Kier molecular flexibility index (Phi) is 4.92. The summed E-state index contributed by atoms with van der Waals surface area (Å²) in [5, 5.41) is 2.46. The zero-order chi connectivity index (χ0) is 15.6. The van der Waals surface area contributed by atoms with Gasteiger partial charge < -0.3 is 5.32 Å². The number of benzene rings is 2. The highest BCUT2D eigenvalue weighted by Gasteiger charge is 2.31. The van der Waals surface area contributed by atoms with E-state index >= 15 is 0 Å². The van der Waals surface area contributed by atoms with Gasteiger partial charge >= 0.3 is 6.18 Å². The van der Waals surface area contributed by atoms with Gasteiger partial charge in [-0.3, -0.25) is 4.79 Å². The number of nitrogens with one attached hydrogen (secondary N) is 1. The minimum atomic E-state index is -4.47. The van der Waals surface area contributed by atoms with Crippen LogP contribution in [-0.4, -0.2) is 5.91 Å². The van der Waals surface area contributed by atoms with Gasteiger partial charge in [0.1, 0.15) is 0 Å². The molecule has 0 aromatic heterocycles. The fourth-order valence-corrected chi connectivity index (χ4v) is 2.48. The molecule has 1 amide bonds. The molecule has 0 heterocycles. The molecule has 0 bridgehead atoms. The molecule has 0 aliphatic rings. The van der Waals surface area contributed by atoms with Gasteiger partial charge in [-0.05, 0) is 65.1 Å². The molecule has 21 heavy (non-hydrogen) atoms. The summed E-state index contributed by atoms with van der Waals surface area (Å²) < 4.78 is 39.4. The van der Waals surface area contributed by atoms with Crippen LogP contribution in [-0.2, 0) is 6.18 Å². The van der Waals surface area contributed by atoms with E-state index in [1.54, 1.807) is 24.3 Å². The smallest absolute Gasteiger partial charge is 0.322 e. The van der Waals surface area contributed by atoms with Crippen LogP contribution >= 0.6 is 38.5 Å². The second-order valence-electron chi connectivity index (χ2n) is 4.19. The van der Waals surface area contributed by atoms with Gasteiger partial charge in [-0.25, -0.2) is 0 Å². The maximum atomic E-state index is 12.7. The highest BCUT2D eigenvalue weighted by atomic mass is 127. The van der Waals surface area contributed by atoms with E-state index < -0.39 is 17.6 Å². The molecule has 0 radical (unpaired) electrons. The van der Waals surface area contributed by atoms with E-state index in [4.69, 9.17) is 0 Å². The number of amides is 1. The minimum absolute atomic E-state index is 0.0836. The monoisotopic (exact) mass is 469 g/mol. The van der Waals surface area contributed by atoms with Crippen molar-refractivity contribution in [2.45, 2.75) is 6.18 Å². The molecule has 0 unspecified atom stereocenters. The molecule has 2 aromatic carbocycles. The van der Waals surface area contributed by atoms with Gasteiger partial charge in [0.05, 0.1) is 5.56 Å². The first kappa shape index (κ1) is 16.3. The Hall–Kier alpha value is -1.09. The summed E-state index contributed by atoms with van der Waals surface area (Å²) in [4.78, 5) is 12.0.